The molecule has 0 spiro atoms. The van der Waals surface area contributed by atoms with Crippen LogP contribution in [0.5, 0.6) is 0 Å². The first-order valence-corrected chi connectivity index (χ1v) is 9.37. The van der Waals surface area contributed by atoms with Crippen LogP contribution >= 0.6 is 35.0 Å². The van der Waals surface area contributed by atoms with Crippen LogP contribution in [0.4, 0.5) is 0 Å². The van der Waals surface area contributed by atoms with Crippen molar-refractivity contribution < 1.29 is 0 Å². The maximum atomic E-state index is 9.90. The van der Waals surface area contributed by atoms with Gasteiger partial charge in [0.1, 0.15) is 6.07 Å². The number of fused-ring (bicyclic) bond motifs is 1. The Morgan fingerprint density at radius 3 is 2.52 bits per heavy atom. The van der Waals surface area contributed by atoms with Gasteiger partial charge < -0.3 is 5.73 Å². The van der Waals surface area contributed by atoms with Gasteiger partial charge in [0.25, 0.3) is 0 Å². The number of allylic oxidation sites excluding steroid dienone is 3. The van der Waals surface area contributed by atoms with Crippen molar-refractivity contribution in [1.29, 1.82) is 15.8 Å². The molecule has 1 heterocycles. The number of nitriles is 3. The Morgan fingerprint density at radius 2 is 1.92 bits per heavy atom. The quantitative estimate of drug-likeness (QED) is 0.781. The lowest BCUT2D eigenvalue weighted by Gasteiger charge is -2.43. The van der Waals surface area contributed by atoms with E-state index in [2.05, 4.69) is 18.2 Å². The van der Waals surface area contributed by atoms with E-state index in [1.807, 2.05) is 6.08 Å². The zero-order chi connectivity index (χ0) is 18.2. The minimum atomic E-state index is -1.65. The Hall–Kier alpha value is -2.10. The smallest absolute Gasteiger partial charge is 0.191 e. The number of thioether (sulfide) groups is 1. The summed E-state index contributed by atoms with van der Waals surface area (Å²) in [6, 6.07) is 11.3. The first-order valence-electron chi connectivity index (χ1n) is 7.46. The van der Waals surface area contributed by atoms with Crippen molar-refractivity contribution >= 4 is 35.0 Å². The van der Waals surface area contributed by atoms with E-state index in [9.17, 15) is 15.8 Å². The number of nitrogens with two attached hydrogens (primary N) is 1. The summed E-state index contributed by atoms with van der Waals surface area (Å²) in [6.45, 7) is 0. The lowest BCUT2D eigenvalue weighted by atomic mass is 9.59. The Morgan fingerprint density at radius 1 is 1.20 bits per heavy atom. The van der Waals surface area contributed by atoms with E-state index in [1.165, 1.54) is 0 Å². The van der Waals surface area contributed by atoms with Crippen molar-refractivity contribution in [1.82, 2.24) is 0 Å². The van der Waals surface area contributed by atoms with Crippen molar-refractivity contribution in [2.75, 3.05) is 11.5 Å². The molecule has 0 saturated heterocycles. The average molecular weight is 387 g/mol. The molecule has 0 unspecified atom stereocenters. The lowest BCUT2D eigenvalue weighted by Crippen LogP contribution is -2.43. The summed E-state index contributed by atoms with van der Waals surface area (Å²) in [6.07, 6.45) is 1.96. The van der Waals surface area contributed by atoms with Crippen molar-refractivity contribution in [3.05, 3.63) is 56.7 Å². The normalized spacial score (nSPS) is 24.4. The minimum Gasteiger partial charge on any atom is -0.399 e. The molecule has 0 amide bonds. The molecule has 4 nitrogen and oxygen atoms in total. The van der Waals surface area contributed by atoms with Gasteiger partial charge in [0, 0.05) is 33.4 Å². The van der Waals surface area contributed by atoms with E-state index in [0.717, 1.165) is 11.3 Å². The molecule has 7 heteroatoms. The van der Waals surface area contributed by atoms with Crippen molar-refractivity contribution in [2.45, 2.75) is 5.92 Å². The van der Waals surface area contributed by atoms with E-state index in [-0.39, 0.29) is 17.2 Å². The first-order chi connectivity index (χ1) is 12.0. The number of rotatable bonds is 1. The third-order valence-corrected chi connectivity index (χ3v) is 6.29. The van der Waals surface area contributed by atoms with Gasteiger partial charge in [-0.2, -0.15) is 27.5 Å². The zero-order valence-electron chi connectivity index (χ0n) is 13.0. The molecule has 0 bridgehead atoms. The van der Waals surface area contributed by atoms with Crippen molar-refractivity contribution in [2.24, 2.45) is 17.1 Å². The van der Waals surface area contributed by atoms with Crippen LogP contribution in [0, 0.1) is 45.3 Å². The predicted molar refractivity (Wildman–Crippen MR) is 98.6 cm³/mol. The molecule has 2 atom stereocenters. The van der Waals surface area contributed by atoms with Crippen LogP contribution in [0.3, 0.4) is 0 Å². The van der Waals surface area contributed by atoms with Gasteiger partial charge in [0.2, 0.25) is 0 Å². The fraction of sp³-hybridized carbons (Fsp3) is 0.278. The summed E-state index contributed by atoms with van der Waals surface area (Å²) >= 11 is 14.1. The van der Waals surface area contributed by atoms with E-state index >= 15 is 0 Å². The van der Waals surface area contributed by atoms with Crippen LogP contribution in [0.1, 0.15) is 11.5 Å². The second-order valence-corrected chi connectivity index (χ2v) is 7.80. The van der Waals surface area contributed by atoms with Gasteiger partial charge in [-0.25, -0.2) is 0 Å². The summed E-state index contributed by atoms with van der Waals surface area (Å²) < 4.78 is 0. The highest BCUT2D eigenvalue weighted by Crippen LogP contribution is 2.56. The topological polar surface area (TPSA) is 97.4 Å². The molecule has 1 aromatic carbocycles. The fourth-order valence-electron chi connectivity index (χ4n) is 3.58. The maximum absolute atomic E-state index is 9.90. The van der Waals surface area contributed by atoms with Gasteiger partial charge in [-0.05, 0) is 23.3 Å². The van der Waals surface area contributed by atoms with E-state index in [0.29, 0.717) is 21.4 Å². The highest BCUT2D eigenvalue weighted by Gasteiger charge is 2.54. The Bertz CT molecular complexity index is 916. The molecule has 1 aliphatic heterocycles. The molecule has 0 aromatic heterocycles. The van der Waals surface area contributed by atoms with Gasteiger partial charge in [-0.1, -0.05) is 35.3 Å². The van der Waals surface area contributed by atoms with Gasteiger partial charge in [-0.15, -0.1) is 0 Å². The molecule has 2 aliphatic rings. The molecular formula is C18H12Cl2N4S. The third-order valence-electron chi connectivity index (χ3n) is 4.73. The molecule has 124 valence electrons. The molecule has 0 fully saturated rings. The summed E-state index contributed by atoms with van der Waals surface area (Å²) in [5.74, 6) is 0.679. The third kappa shape index (κ3) is 2.59. The van der Waals surface area contributed by atoms with E-state index in [1.54, 1.807) is 30.0 Å². The fourth-order valence-corrected chi connectivity index (χ4v) is 5.17. The molecule has 3 rings (SSSR count). The van der Waals surface area contributed by atoms with Crippen molar-refractivity contribution in [3.8, 4) is 18.2 Å². The second kappa shape index (κ2) is 6.66. The summed E-state index contributed by atoms with van der Waals surface area (Å²) in [5.41, 5.74) is 6.25. The van der Waals surface area contributed by atoms with Crippen LogP contribution in [0.2, 0.25) is 10.0 Å². The SMILES string of the molecule is N#CC1=C(N)C(C#N)(C#N)[C@@H](c2ccc(Cl)cc2Cl)[C@@H]2CSCC=C12. The van der Waals surface area contributed by atoms with Gasteiger partial charge in [0.05, 0.1) is 23.4 Å². The van der Waals surface area contributed by atoms with Crippen LogP contribution in [-0.2, 0) is 0 Å². The van der Waals surface area contributed by atoms with Gasteiger partial charge in [0.15, 0.2) is 5.41 Å². The predicted octanol–water partition coefficient (Wildman–Crippen LogP) is 4.15. The molecular weight excluding hydrogens is 375 g/mol. The Balaban J connectivity index is 2.36. The average Bonchev–Trinajstić information content (AvgIpc) is 2.62. The summed E-state index contributed by atoms with van der Waals surface area (Å²) in [4.78, 5) is 0. The van der Waals surface area contributed by atoms with Crippen LogP contribution < -0.4 is 5.73 Å². The van der Waals surface area contributed by atoms with Crippen LogP contribution in [-0.4, -0.2) is 11.5 Å². The maximum Gasteiger partial charge on any atom is 0.191 e. The molecule has 0 saturated carbocycles. The highest BCUT2D eigenvalue weighted by atomic mass is 35.5. The molecule has 0 radical (unpaired) electrons. The Kier molecular flexibility index (Phi) is 4.72. The number of nitrogens with zero attached hydrogens (tertiary/aromatic N) is 3. The van der Waals surface area contributed by atoms with E-state index < -0.39 is 11.3 Å². The molecule has 1 aliphatic carbocycles. The van der Waals surface area contributed by atoms with Gasteiger partial charge >= 0.3 is 0 Å². The summed E-state index contributed by atoms with van der Waals surface area (Å²) in [5, 5.41) is 30.2. The number of halogens is 2. The summed E-state index contributed by atoms with van der Waals surface area (Å²) in [7, 11) is 0. The largest absolute Gasteiger partial charge is 0.399 e. The Labute approximate surface area is 160 Å². The van der Waals surface area contributed by atoms with Gasteiger partial charge in [-0.3, -0.25) is 0 Å². The second-order valence-electron chi connectivity index (χ2n) is 5.88. The molecule has 1 aromatic rings. The lowest BCUT2D eigenvalue weighted by molar-refractivity contribution is 0.368. The first kappa shape index (κ1) is 17.7. The number of hydrogen-bond acceptors (Lipinski definition) is 5. The minimum absolute atomic E-state index is 0.00502. The number of hydrogen-bond donors (Lipinski definition) is 1. The van der Waals surface area contributed by atoms with E-state index in [4.69, 9.17) is 28.9 Å². The molecule has 25 heavy (non-hydrogen) atoms. The monoisotopic (exact) mass is 386 g/mol. The molecule has 2 N–H and O–H groups in total. The van der Waals surface area contributed by atoms with Crippen LogP contribution in [0.25, 0.3) is 0 Å². The van der Waals surface area contributed by atoms with Crippen molar-refractivity contribution in [3.63, 3.8) is 0 Å². The highest BCUT2D eigenvalue weighted by molar-refractivity contribution is 7.99. The number of benzene rings is 1. The standard InChI is InChI=1S/C18H12Cl2N4S/c19-10-1-2-12(15(20)5-10)16-14-7-25-4-3-11(14)13(6-21)17(24)18(16,8-22)9-23/h1-3,5,14,16H,4,7,24H2/t14-,16+/m1/s1. The zero-order valence-corrected chi connectivity index (χ0v) is 15.3. The van der Waals surface area contributed by atoms with Crippen LogP contribution in [0.15, 0.2) is 41.1 Å².